The summed E-state index contributed by atoms with van der Waals surface area (Å²) in [4.78, 5) is 8.92. The molecule has 6 rings (SSSR count). The number of aromatic nitrogens is 3. The minimum Gasteiger partial charge on any atom is -0.353 e. The van der Waals surface area contributed by atoms with Crippen LogP contribution in [0.1, 0.15) is 16.7 Å². The Morgan fingerprint density at radius 2 is 1.67 bits per heavy atom. The van der Waals surface area contributed by atoms with Gasteiger partial charge in [-0.1, -0.05) is 71.8 Å². The minimum absolute atomic E-state index is 0.937. The molecule has 0 fully saturated rings. The normalized spacial score (nSPS) is 12.7. The van der Waals surface area contributed by atoms with E-state index in [-0.39, 0.29) is 0 Å². The topological polar surface area (TPSA) is 33.6 Å². The van der Waals surface area contributed by atoms with Gasteiger partial charge in [0.1, 0.15) is 5.82 Å². The zero-order valence-electron chi connectivity index (χ0n) is 17.2. The molecule has 0 unspecified atom stereocenters. The molecule has 3 aromatic carbocycles. The summed E-state index contributed by atoms with van der Waals surface area (Å²) < 4.78 is 2.40. The number of benzene rings is 3. The van der Waals surface area contributed by atoms with Gasteiger partial charge in [-0.15, -0.1) is 0 Å². The first kappa shape index (κ1) is 17.3. The van der Waals surface area contributed by atoms with Crippen LogP contribution in [0.4, 0.5) is 0 Å². The quantitative estimate of drug-likeness (QED) is 0.365. The van der Waals surface area contributed by atoms with Crippen LogP contribution in [-0.2, 0) is 13.0 Å². The highest BCUT2D eigenvalue weighted by atomic mass is 15.1. The predicted octanol–water partition coefficient (Wildman–Crippen LogP) is 6.54. The summed E-state index contributed by atoms with van der Waals surface area (Å²) in [5, 5.41) is 1.33. The van der Waals surface area contributed by atoms with Crippen LogP contribution >= 0.6 is 0 Å². The van der Waals surface area contributed by atoms with E-state index in [0.29, 0.717) is 0 Å². The first-order chi connectivity index (χ1) is 14.7. The maximum atomic E-state index is 5.22. The molecule has 0 aliphatic carbocycles. The molecule has 146 valence electrons. The van der Waals surface area contributed by atoms with Gasteiger partial charge in [-0.25, -0.2) is 4.98 Å². The van der Waals surface area contributed by atoms with Gasteiger partial charge >= 0.3 is 0 Å². The number of aromatic amines is 1. The van der Waals surface area contributed by atoms with Gasteiger partial charge in [0, 0.05) is 28.6 Å². The Labute approximate surface area is 176 Å². The molecule has 0 bridgehead atoms. The first-order valence-electron chi connectivity index (χ1n) is 10.5. The standard InChI is InChI=1S/C27H23N3/c1-17-10-12-19(13-11-17)24-26-25-22(21-8-3-4-9-23(21)28-25)14-15-30(26)27(29-24)20-7-5-6-18(2)16-20/h3-13,16,28H,14-15H2,1-2H3. The Morgan fingerprint density at radius 1 is 0.833 bits per heavy atom. The lowest BCUT2D eigenvalue weighted by Gasteiger charge is -2.19. The van der Waals surface area contributed by atoms with Crippen molar-refractivity contribution in [2.75, 3.05) is 0 Å². The van der Waals surface area contributed by atoms with E-state index < -0.39 is 0 Å². The van der Waals surface area contributed by atoms with Crippen molar-refractivity contribution in [3.63, 3.8) is 0 Å². The van der Waals surface area contributed by atoms with Gasteiger partial charge in [-0.2, -0.15) is 0 Å². The van der Waals surface area contributed by atoms with E-state index >= 15 is 0 Å². The van der Waals surface area contributed by atoms with E-state index in [1.54, 1.807) is 0 Å². The second kappa shape index (κ2) is 6.46. The van der Waals surface area contributed by atoms with Crippen molar-refractivity contribution >= 4 is 10.9 Å². The van der Waals surface area contributed by atoms with Crippen LogP contribution in [0.3, 0.4) is 0 Å². The van der Waals surface area contributed by atoms with Crippen LogP contribution < -0.4 is 0 Å². The number of H-pyrrole nitrogens is 1. The number of hydrogen-bond acceptors (Lipinski definition) is 1. The van der Waals surface area contributed by atoms with Crippen LogP contribution in [0, 0.1) is 13.8 Å². The maximum absolute atomic E-state index is 5.22. The monoisotopic (exact) mass is 389 g/mol. The van der Waals surface area contributed by atoms with Gasteiger partial charge in [-0.05, 0) is 38.0 Å². The van der Waals surface area contributed by atoms with Crippen molar-refractivity contribution in [1.29, 1.82) is 0 Å². The number of para-hydroxylation sites is 1. The Balaban J connectivity index is 1.67. The minimum atomic E-state index is 0.937. The molecular weight excluding hydrogens is 366 g/mol. The third-order valence-electron chi connectivity index (χ3n) is 6.20. The fraction of sp³-hybridized carbons (Fsp3) is 0.148. The summed E-state index contributed by atoms with van der Waals surface area (Å²) in [7, 11) is 0. The van der Waals surface area contributed by atoms with Crippen LogP contribution in [0.2, 0.25) is 0 Å². The van der Waals surface area contributed by atoms with Gasteiger partial charge in [0.2, 0.25) is 0 Å². The lowest BCUT2D eigenvalue weighted by molar-refractivity contribution is 0.693. The highest BCUT2D eigenvalue weighted by Crippen LogP contribution is 2.42. The number of fused-ring (bicyclic) bond motifs is 5. The van der Waals surface area contributed by atoms with Crippen molar-refractivity contribution in [3.8, 4) is 34.0 Å². The first-order valence-corrected chi connectivity index (χ1v) is 10.5. The van der Waals surface area contributed by atoms with Gasteiger partial charge in [0.15, 0.2) is 0 Å². The molecule has 3 nitrogen and oxygen atoms in total. The van der Waals surface area contributed by atoms with Crippen LogP contribution in [-0.4, -0.2) is 14.5 Å². The fourth-order valence-corrected chi connectivity index (χ4v) is 4.73. The van der Waals surface area contributed by atoms with Crippen LogP contribution in [0.5, 0.6) is 0 Å². The largest absolute Gasteiger partial charge is 0.353 e. The van der Waals surface area contributed by atoms with E-state index in [9.17, 15) is 0 Å². The van der Waals surface area contributed by atoms with Gasteiger partial charge in [0.05, 0.1) is 17.1 Å². The van der Waals surface area contributed by atoms with Crippen LogP contribution in [0.15, 0.2) is 72.8 Å². The summed E-state index contributed by atoms with van der Waals surface area (Å²) in [6.45, 7) is 5.20. The van der Waals surface area contributed by atoms with Crippen molar-refractivity contribution in [1.82, 2.24) is 14.5 Å². The molecule has 3 heteroatoms. The molecule has 5 aromatic rings. The molecule has 30 heavy (non-hydrogen) atoms. The number of imidazole rings is 1. The predicted molar refractivity (Wildman–Crippen MR) is 124 cm³/mol. The highest BCUT2D eigenvalue weighted by Gasteiger charge is 2.28. The van der Waals surface area contributed by atoms with E-state index in [4.69, 9.17) is 4.98 Å². The van der Waals surface area contributed by atoms with Crippen molar-refractivity contribution in [2.24, 2.45) is 0 Å². The molecule has 0 amide bonds. The maximum Gasteiger partial charge on any atom is 0.141 e. The highest BCUT2D eigenvalue weighted by molar-refractivity contribution is 5.94. The Hall–Kier alpha value is -3.59. The molecule has 0 radical (unpaired) electrons. The molecule has 1 aliphatic heterocycles. The number of nitrogens with zero attached hydrogens (tertiary/aromatic N) is 2. The molecule has 2 aromatic heterocycles. The third-order valence-corrected chi connectivity index (χ3v) is 6.20. The summed E-state index contributed by atoms with van der Waals surface area (Å²) in [6.07, 6.45) is 1.01. The zero-order chi connectivity index (χ0) is 20.2. The molecule has 0 saturated carbocycles. The van der Waals surface area contributed by atoms with Crippen molar-refractivity contribution < 1.29 is 0 Å². The lowest BCUT2D eigenvalue weighted by Crippen LogP contribution is -2.11. The molecular formula is C27H23N3. The molecule has 0 saturated heterocycles. The second-order valence-corrected chi connectivity index (χ2v) is 8.29. The molecule has 1 aliphatic rings. The van der Waals surface area contributed by atoms with Crippen LogP contribution in [0.25, 0.3) is 44.9 Å². The fourth-order valence-electron chi connectivity index (χ4n) is 4.73. The van der Waals surface area contributed by atoms with E-state index in [1.807, 2.05) is 0 Å². The van der Waals surface area contributed by atoms with E-state index in [1.165, 1.54) is 44.5 Å². The van der Waals surface area contributed by atoms with E-state index in [0.717, 1.165) is 30.0 Å². The molecule has 0 atom stereocenters. The van der Waals surface area contributed by atoms with Gasteiger partial charge in [-0.3, -0.25) is 0 Å². The number of rotatable bonds is 2. The third kappa shape index (κ3) is 2.55. The summed E-state index contributed by atoms with van der Waals surface area (Å²) in [5.74, 6) is 1.05. The summed E-state index contributed by atoms with van der Waals surface area (Å²) in [6, 6.07) is 26.0. The molecule has 3 heterocycles. The Bertz CT molecular complexity index is 1400. The Morgan fingerprint density at radius 3 is 2.50 bits per heavy atom. The number of aryl methyl sites for hydroxylation is 3. The SMILES string of the molecule is Cc1ccc(-c2nc(-c3cccc(C)c3)n3c2-c2[nH]c4ccccc4c2CC3)cc1. The Kier molecular flexibility index (Phi) is 3.72. The molecule has 1 N–H and O–H groups in total. The second-order valence-electron chi connectivity index (χ2n) is 8.29. The van der Waals surface area contributed by atoms with Gasteiger partial charge < -0.3 is 9.55 Å². The number of nitrogens with one attached hydrogen (secondary N) is 1. The lowest BCUT2D eigenvalue weighted by atomic mass is 9.99. The van der Waals surface area contributed by atoms with Crippen molar-refractivity contribution in [3.05, 3.63) is 89.5 Å². The summed E-state index contributed by atoms with van der Waals surface area (Å²) >= 11 is 0. The van der Waals surface area contributed by atoms with E-state index in [2.05, 4.69) is 96.2 Å². The van der Waals surface area contributed by atoms with Crippen molar-refractivity contribution in [2.45, 2.75) is 26.8 Å². The molecule has 0 spiro atoms. The van der Waals surface area contributed by atoms with Gasteiger partial charge in [0.25, 0.3) is 0 Å². The number of hydrogen-bond donors (Lipinski definition) is 1. The summed E-state index contributed by atoms with van der Waals surface area (Å²) in [5.41, 5.74) is 10.9. The zero-order valence-corrected chi connectivity index (χ0v) is 17.2. The average Bonchev–Trinajstić information content (AvgIpc) is 3.33. The smallest absolute Gasteiger partial charge is 0.141 e. The average molecular weight is 390 g/mol.